The minimum atomic E-state index is -0.870. The molecule has 4 heteroatoms. The molecule has 20 heavy (non-hydrogen) atoms. The van der Waals surface area contributed by atoms with Gasteiger partial charge in [-0.1, -0.05) is 6.08 Å². The zero-order valence-electron chi connectivity index (χ0n) is 12.1. The number of hydrogen-bond acceptors (Lipinski definition) is 3. The van der Waals surface area contributed by atoms with E-state index in [9.17, 15) is 15.0 Å². The Morgan fingerprint density at radius 1 is 1.20 bits per heavy atom. The number of carboxylic acid groups (broad SMARTS) is 1. The Morgan fingerprint density at radius 3 is 2.45 bits per heavy atom. The van der Waals surface area contributed by atoms with Gasteiger partial charge in [-0.25, -0.2) is 4.79 Å². The van der Waals surface area contributed by atoms with Gasteiger partial charge in [-0.15, -0.1) is 0 Å². The summed E-state index contributed by atoms with van der Waals surface area (Å²) in [5.41, 5.74) is -0.384. The van der Waals surface area contributed by atoms with Crippen LogP contribution in [0.25, 0.3) is 0 Å². The molecule has 0 heterocycles. The smallest absolute Gasteiger partial charge is 0.330 e. The summed E-state index contributed by atoms with van der Waals surface area (Å²) in [6, 6.07) is 0. The number of aliphatic hydroxyl groups excluding tert-OH is 1. The summed E-state index contributed by atoms with van der Waals surface area (Å²) in [5, 5.41) is 29.6. The predicted octanol–water partition coefficient (Wildman–Crippen LogP) is 2.10. The molecule has 4 nitrogen and oxygen atoms in total. The molecule has 4 aliphatic rings. The van der Waals surface area contributed by atoms with E-state index in [1.807, 2.05) is 6.08 Å². The van der Waals surface area contributed by atoms with E-state index >= 15 is 0 Å². The highest BCUT2D eigenvalue weighted by molar-refractivity contribution is 5.85. The quantitative estimate of drug-likeness (QED) is 0.689. The van der Waals surface area contributed by atoms with E-state index in [0.717, 1.165) is 38.5 Å². The largest absolute Gasteiger partial charge is 0.478 e. The Bertz CT molecular complexity index is 471. The molecule has 0 amide bonds. The molecule has 4 rings (SSSR count). The van der Waals surface area contributed by atoms with Crippen molar-refractivity contribution >= 4 is 5.97 Å². The van der Waals surface area contributed by atoms with Crippen molar-refractivity contribution in [3.05, 3.63) is 11.6 Å². The molecule has 112 valence electrons. The van der Waals surface area contributed by atoms with Crippen LogP contribution in [0.1, 0.15) is 51.9 Å². The van der Waals surface area contributed by atoms with E-state index in [1.165, 1.54) is 0 Å². The van der Waals surface area contributed by atoms with Crippen LogP contribution in [0.3, 0.4) is 0 Å². The highest BCUT2D eigenvalue weighted by Crippen LogP contribution is 2.67. The van der Waals surface area contributed by atoms with Crippen LogP contribution in [0.15, 0.2) is 11.6 Å². The summed E-state index contributed by atoms with van der Waals surface area (Å²) in [4.78, 5) is 10.9. The number of carboxylic acids is 1. The summed E-state index contributed by atoms with van der Waals surface area (Å²) in [6.07, 6.45) is 7.89. The van der Waals surface area contributed by atoms with Gasteiger partial charge in [0, 0.05) is 12.2 Å². The molecule has 4 saturated carbocycles. The maximum Gasteiger partial charge on any atom is 0.330 e. The van der Waals surface area contributed by atoms with Gasteiger partial charge in [0.2, 0.25) is 0 Å². The van der Waals surface area contributed by atoms with Gasteiger partial charge in [0.15, 0.2) is 0 Å². The SMILES string of the molecule is CC(=CCC12CC3CC(O)(CC(CO)(C3)C1)C2)C(=O)O. The van der Waals surface area contributed by atoms with Crippen LogP contribution < -0.4 is 0 Å². The van der Waals surface area contributed by atoms with Gasteiger partial charge < -0.3 is 15.3 Å². The maximum absolute atomic E-state index is 10.9. The van der Waals surface area contributed by atoms with E-state index in [-0.39, 0.29) is 17.4 Å². The second kappa shape index (κ2) is 4.31. The van der Waals surface area contributed by atoms with E-state index in [1.54, 1.807) is 6.92 Å². The second-order valence-corrected chi connectivity index (χ2v) is 7.79. The summed E-state index contributed by atoms with van der Waals surface area (Å²) in [6.45, 7) is 1.77. The molecule has 4 unspecified atom stereocenters. The Kier molecular flexibility index (Phi) is 3.04. The van der Waals surface area contributed by atoms with Gasteiger partial charge in [0.1, 0.15) is 0 Å². The zero-order chi connectivity index (χ0) is 14.6. The summed E-state index contributed by atoms with van der Waals surface area (Å²) >= 11 is 0. The molecule has 0 aromatic carbocycles. The Morgan fingerprint density at radius 2 is 1.85 bits per heavy atom. The first-order valence-electron chi connectivity index (χ1n) is 7.53. The van der Waals surface area contributed by atoms with Gasteiger partial charge in [0.05, 0.1) is 5.60 Å². The lowest BCUT2D eigenvalue weighted by atomic mass is 9.42. The number of hydrogen-bond donors (Lipinski definition) is 3. The average molecular weight is 280 g/mol. The van der Waals surface area contributed by atoms with Crippen LogP contribution >= 0.6 is 0 Å². The van der Waals surface area contributed by atoms with Crippen LogP contribution in [0.2, 0.25) is 0 Å². The molecule has 0 aromatic rings. The lowest BCUT2D eigenvalue weighted by Gasteiger charge is -2.64. The molecule has 0 spiro atoms. The fourth-order valence-electron chi connectivity index (χ4n) is 5.65. The van der Waals surface area contributed by atoms with Crippen molar-refractivity contribution in [1.82, 2.24) is 0 Å². The standard InChI is InChI=1S/C16H24O4/c1-11(13(18)19)2-3-14-4-12-5-15(7-14,10-17)9-16(20,6-12)8-14/h2,12,17,20H,3-10H2,1H3,(H,18,19). The lowest BCUT2D eigenvalue weighted by Crippen LogP contribution is -2.61. The summed E-state index contributed by atoms with van der Waals surface area (Å²) in [7, 11) is 0. The molecular formula is C16H24O4. The number of rotatable bonds is 4. The van der Waals surface area contributed by atoms with Crippen molar-refractivity contribution < 1.29 is 20.1 Å². The fraction of sp³-hybridized carbons (Fsp3) is 0.812. The Balaban J connectivity index is 1.87. The van der Waals surface area contributed by atoms with E-state index in [0.29, 0.717) is 17.9 Å². The van der Waals surface area contributed by atoms with Gasteiger partial charge in [0.25, 0.3) is 0 Å². The summed E-state index contributed by atoms with van der Waals surface area (Å²) < 4.78 is 0. The Labute approximate surface area is 119 Å². The fourth-order valence-corrected chi connectivity index (χ4v) is 5.65. The minimum absolute atomic E-state index is 0.00634. The molecule has 0 aromatic heterocycles. The molecular weight excluding hydrogens is 256 g/mol. The minimum Gasteiger partial charge on any atom is -0.478 e. The van der Waals surface area contributed by atoms with Crippen molar-refractivity contribution in [3.63, 3.8) is 0 Å². The van der Waals surface area contributed by atoms with Crippen molar-refractivity contribution in [2.24, 2.45) is 16.7 Å². The second-order valence-electron chi connectivity index (χ2n) is 7.79. The van der Waals surface area contributed by atoms with Crippen LogP contribution in [-0.4, -0.2) is 33.5 Å². The molecule has 0 aliphatic heterocycles. The molecule has 4 fully saturated rings. The zero-order valence-corrected chi connectivity index (χ0v) is 12.1. The van der Waals surface area contributed by atoms with Crippen molar-refractivity contribution in [2.75, 3.05) is 6.61 Å². The molecule has 0 saturated heterocycles. The third-order valence-corrected chi connectivity index (χ3v) is 5.78. The average Bonchev–Trinajstić information content (AvgIpc) is 2.33. The van der Waals surface area contributed by atoms with E-state index in [2.05, 4.69) is 0 Å². The Hall–Kier alpha value is -0.870. The first-order chi connectivity index (χ1) is 9.29. The molecule has 0 radical (unpaired) electrons. The topological polar surface area (TPSA) is 77.8 Å². The first kappa shape index (κ1) is 14.1. The predicted molar refractivity (Wildman–Crippen MR) is 74.1 cm³/mol. The summed E-state index contributed by atoms with van der Waals surface area (Å²) in [5.74, 6) is -0.382. The van der Waals surface area contributed by atoms with Crippen molar-refractivity contribution in [3.8, 4) is 0 Å². The van der Waals surface area contributed by atoms with Crippen molar-refractivity contribution in [2.45, 2.75) is 57.5 Å². The number of aliphatic carboxylic acids is 1. The lowest BCUT2D eigenvalue weighted by molar-refractivity contribution is -0.208. The maximum atomic E-state index is 10.9. The van der Waals surface area contributed by atoms with Gasteiger partial charge in [-0.3, -0.25) is 0 Å². The van der Waals surface area contributed by atoms with Crippen LogP contribution in [0, 0.1) is 16.7 Å². The van der Waals surface area contributed by atoms with E-state index < -0.39 is 11.6 Å². The highest BCUT2D eigenvalue weighted by atomic mass is 16.4. The molecule has 4 bridgehead atoms. The third kappa shape index (κ3) is 2.19. The van der Waals surface area contributed by atoms with Crippen LogP contribution in [0.5, 0.6) is 0 Å². The first-order valence-corrected chi connectivity index (χ1v) is 7.53. The third-order valence-electron chi connectivity index (χ3n) is 5.78. The van der Waals surface area contributed by atoms with Crippen LogP contribution in [-0.2, 0) is 4.79 Å². The van der Waals surface area contributed by atoms with E-state index in [4.69, 9.17) is 5.11 Å². The molecule has 3 N–H and O–H groups in total. The van der Waals surface area contributed by atoms with Crippen LogP contribution in [0.4, 0.5) is 0 Å². The number of aliphatic hydroxyl groups is 2. The van der Waals surface area contributed by atoms with Gasteiger partial charge >= 0.3 is 5.97 Å². The molecule has 4 aliphatic carbocycles. The normalized spacial score (nSPS) is 46.8. The number of allylic oxidation sites excluding steroid dienone is 1. The van der Waals surface area contributed by atoms with Gasteiger partial charge in [-0.05, 0) is 68.6 Å². The van der Waals surface area contributed by atoms with Gasteiger partial charge in [-0.2, -0.15) is 0 Å². The number of carbonyl (C=O) groups is 1. The highest BCUT2D eigenvalue weighted by Gasteiger charge is 2.62. The monoisotopic (exact) mass is 280 g/mol. The van der Waals surface area contributed by atoms with Crippen molar-refractivity contribution in [1.29, 1.82) is 0 Å². The molecule has 4 atom stereocenters.